The van der Waals surface area contributed by atoms with Gasteiger partial charge in [0.05, 0.1) is 5.56 Å². The second kappa shape index (κ2) is 4.58. The molecule has 0 saturated carbocycles. The Morgan fingerprint density at radius 2 is 2.46 bits per heavy atom. The van der Waals surface area contributed by atoms with Gasteiger partial charge < -0.3 is 4.74 Å². The highest BCUT2D eigenvalue weighted by Gasteiger charge is 2.05. The Hall–Kier alpha value is -1.41. The molecular weight excluding hydrogens is 236 g/mol. The minimum absolute atomic E-state index is 0.241. The summed E-state index contributed by atoms with van der Waals surface area (Å²) in [6.07, 6.45) is 1.38. The van der Waals surface area contributed by atoms with Gasteiger partial charge in [-0.05, 0) is 28.1 Å². The summed E-state index contributed by atoms with van der Waals surface area (Å²) in [6, 6.07) is 4.90. The van der Waals surface area contributed by atoms with Crippen molar-refractivity contribution < 1.29 is 9.53 Å². The Balaban J connectivity index is 2.68. The Morgan fingerprint density at radius 3 is 3.00 bits per heavy atom. The van der Waals surface area contributed by atoms with E-state index >= 15 is 0 Å². The van der Waals surface area contributed by atoms with Crippen molar-refractivity contribution in [2.24, 2.45) is 0 Å². The van der Waals surface area contributed by atoms with Crippen molar-refractivity contribution in [2.75, 3.05) is 6.61 Å². The first-order valence-corrected chi connectivity index (χ1v) is 4.19. The molecule has 0 N–H and O–H groups in total. The smallest absolute Gasteiger partial charge is 0.340 e. The lowest BCUT2D eigenvalue weighted by molar-refractivity contribution is 0.0554. The molecule has 0 spiro atoms. The zero-order valence-electron chi connectivity index (χ0n) is 6.53. The summed E-state index contributed by atoms with van der Waals surface area (Å²) in [6.45, 7) is -0.241. The Bertz CT molecular complexity index is 342. The number of pyridine rings is 1. The van der Waals surface area contributed by atoms with Crippen molar-refractivity contribution in [3.8, 4) is 6.07 Å². The van der Waals surface area contributed by atoms with Gasteiger partial charge in [0.25, 0.3) is 0 Å². The molecule has 1 rings (SSSR count). The highest BCUT2D eigenvalue weighted by molar-refractivity contribution is 9.10. The van der Waals surface area contributed by atoms with Crippen molar-refractivity contribution in [1.82, 2.24) is 4.98 Å². The van der Waals surface area contributed by atoms with E-state index in [1.54, 1.807) is 18.2 Å². The summed E-state index contributed by atoms with van der Waals surface area (Å²) in [5, 5.41) is 8.16. The van der Waals surface area contributed by atoms with E-state index in [1.807, 2.05) is 0 Å². The van der Waals surface area contributed by atoms with Crippen molar-refractivity contribution >= 4 is 21.9 Å². The molecule has 13 heavy (non-hydrogen) atoms. The summed E-state index contributed by atoms with van der Waals surface area (Å²) in [5.41, 5.74) is 0.332. The molecule has 66 valence electrons. The fraction of sp³-hybridized carbons (Fsp3) is 0.125. The van der Waals surface area contributed by atoms with Gasteiger partial charge in [-0.3, -0.25) is 0 Å². The Kier molecular flexibility index (Phi) is 3.41. The molecule has 1 aromatic heterocycles. The molecule has 0 unspecified atom stereocenters. The lowest BCUT2D eigenvalue weighted by Gasteiger charge is -1.98. The van der Waals surface area contributed by atoms with Crippen LogP contribution in [-0.2, 0) is 4.74 Å². The third-order valence-corrected chi connectivity index (χ3v) is 1.70. The molecule has 0 amide bonds. The van der Waals surface area contributed by atoms with E-state index in [4.69, 9.17) is 5.26 Å². The summed E-state index contributed by atoms with van der Waals surface area (Å²) in [4.78, 5) is 14.9. The zero-order chi connectivity index (χ0) is 9.68. The SMILES string of the molecule is N#CCOC(=O)c1ccc(Br)nc1. The fourth-order valence-corrected chi connectivity index (χ4v) is 0.912. The molecule has 0 aromatic carbocycles. The van der Waals surface area contributed by atoms with Gasteiger partial charge in [-0.2, -0.15) is 5.26 Å². The van der Waals surface area contributed by atoms with Crippen LogP contribution in [0.3, 0.4) is 0 Å². The van der Waals surface area contributed by atoms with Crippen LogP contribution in [0.1, 0.15) is 10.4 Å². The lowest BCUT2D eigenvalue weighted by Crippen LogP contribution is -2.05. The molecule has 0 radical (unpaired) electrons. The summed E-state index contributed by atoms with van der Waals surface area (Å²) in [5.74, 6) is -0.540. The number of hydrogen-bond donors (Lipinski definition) is 0. The van der Waals surface area contributed by atoms with Crippen LogP contribution in [0.15, 0.2) is 22.9 Å². The Morgan fingerprint density at radius 1 is 1.69 bits per heavy atom. The number of nitriles is 1. The first-order valence-electron chi connectivity index (χ1n) is 3.39. The van der Waals surface area contributed by atoms with E-state index in [9.17, 15) is 4.79 Å². The van der Waals surface area contributed by atoms with Gasteiger partial charge in [-0.1, -0.05) is 0 Å². The van der Waals surface area contributed by atoms with Gasteiger partial charge in [0.2, 0.25) is 0 Å². The van der Waals surface area contributed by atoms with E-state index in [0.29, 0.717) is 10.2 Å². The van der Waals surface area contributed by atoms with Crippen LogP contribution in [0.25, 0.3) is 0 Å². The van der Waals surface area contributed by atoms with Gasteiger partial charge in [-0.15, -0.1) is 0 Å². The lowest BCUT2D eigenvalue weighted by atomic mass is 10.3. The number of nitrogens with zero attached hydrogens (tertiary/aromatic N) is 2. The number of halogens is 1. The van der Waals surface area contributed by atoms with Crippen LogP contribution >= 0.6 is 15.9 Å². The van der Waals surface area contributed by atoms with Crippen LogP contribution < -0.4 is 0 Å². The highest BCUT2D eigenvalue weighted by Crippen LogP contribution is 2.07. The van der Waals surface area contributed by atoms with E-state index in [2.05, 4.69) is 25.7 Å². The molecule has 0 atom stereocenters. The maximum atomic E-state index is 11.1. The summed E-state index contributed by atoms with van der Waals surface area (Å²) < 4.78 is 5.20. The van der Waals surface area contributed by atoms with Crippen LogP contribution in [0.4, 0.5) is 0 Å². The predicted molar refractivity (Wildman–Crippen MR) is 47.8 cm³/mol. The molecule has 0 aliphatic heterocycles. The molecule has 5 heteroatoms. The van der Waals surface area contributed by atoms with E-state index in [-0.39, 0.29) is 6.61 Å². The quantitative estimate of drug-likeness (QED) is 0.581. The number of aromatic nitrogens is 1. The second-order valence-electron chi connectivity index (χ2n) is 2.10. The molecule has 0 aliphatic rings. The number of esters is 1. The summed E-state index contributed by atoms with van der Waals surface area (Å²) >= 11 is 3.13. The van der Waals surface area contributed by atoms with E-state index in [0.717, 1.165) is 0 Å². The van der Waals surface area contributed by atoms with Crippen LogP contribution in [-0.4, -0.2) is 17.6 Å². The molecule has 1 heterocycles. The Labute approximate surface area is 83.3 Å². The maximum Gasteiger partial charge on any atom is 0.340 e. The van der Waals surface area contributed by atoms with E-state index in [1.165, 1.54) is 6.20 Å². The standard InChI is InChI=1S/C8H5BrN2O2/c9-7-2-1-6(5-11-7)8(12)13-4-3-10/h1-2,5H,4H2. The predicted octanol–water partition coefficient (Wildman–Crippen LogP) is 1.52. The van der Waals surface area contributed by atoms with Gasteiger partial charge in [-0.25, -0.2) is 9.78 Å². The molecule has 4 nitrogen and oxygen atoms in total. The van der Waals surface area contributed by atoms with Gasteiger partial charge in [0.15, 0.2) is 6.61 Å². The van der Waals surface area contributed by atoms with Gasteiger partial charge in [0.1, 0.15) is 10.7 Å². The number of carbonyl (C=O) groups is 1. The number of rotatable bonds is 2. The molecular formula is C8H5BrN2O2. The second-order valence-corrected chi connectivity index (χ2v) is 2.92. The van der Waals surface area contributed by atoms with Crippen LogP contribution in [0.2, 0.25) is 0 Å². The number of ether oxygens (including phenoxy) is 1. The highest BCUT2D eigenvalue weighted by atomic mass is 79.9. The monoisotopic (exact) mass is 240 g/mol. The molecule has 1 aromatic rings. The topological polar surface area (TPSA) is 63.0 Å². The van der Waals surface area contributed by atoms with E-state index < -0.39 is 5.97 Å². The third kappa shape index (κ3) is 2.84. The fourth-order valence-electron chi connectivity index (χ4n) is 0.678. The van der Waals surface area contributed by atoms with Crippen LogP contribution in [0, 0.1) is 11.3 Å². The van der Waals surface area contributed by atoms with Crippen molar-refractivity contribution in [3.05, 3.63) is 28.5 Å². The minimum atomic E-state index is -0.540. The van der Waals surface area contributed by atoms with Crippen molar-refractivity contribution in [3.63, 3.8) is 0 Å². The molecule has 0 fully saturated rings. The zero-order valence-corrected chi connectivity index (χ0v) is 8.11. The van der Waals surface area contributed by atoms with Gasteiger partial charge >= 0.3 is 5.97 Å². The van der Waals surface area contributed by atoms with Crippen LogP contribution in [0.5, 0.6) is 0 Å². The third-order valence-electron chi connectivity index (χ3n) is 1.23. The first kappa shape index (κ1) is 9.68. The van der Waals surface area contributed by atoms with Crippen molar-refractivity contribution in [2.45, 2.75) is 0 Å². The molecule has 0 bridgehead atoms. The molecule has 0 aliphatic carbocycles. The normalized spacial score (nSPS) is 8.92. The average Bonchev–Trinajstić information content (AvgIpc) is 2.15. The average molecular weight is 241 g/mol. The first-order chi connectivity index (χ1) is 6.24. The minimum Gasteiger partial charge on any atom is -0.447 e. The van der Waals surface area contributed by atoms with Crippen molar-refractivity contribution in [1.29, 1.82) is 5.26 Å². The van der Waals surface area contributed by atoms with Gasteiger partial charge in [0, 0.05) is 6.20 Å². The number of carbonyl (C=O) groups excluding carboxylic acids is 1. The molecule has 0 saturated heterocycles. The largest absolute Gasteiger partial charge is 0.447 e. The number of hydrogen-bond acceptors (Lipinski definition) is 4. The summed E-state index contributed by atoms with van der Waals surface area (Å²) in [7, 11) is 0. The maximum absolute atomic E-state index is 11.1.